The quantitative estimate of drug-likeness (QED) is 0.731. The predicted molar refractivity (Wildman–Crippen MR) is 79.1 cm³/mol. The lowest BCUT2D eigenvalue weighted by Crippen LogP contribution is -2.16. The Kier molecular flexibility index (Phi) is 5.29. The summed E-state index contributed by atoms with van der Waals surface area (Å²) in [5, 5.41) is 11.4. The van der Waals surface area contributed by atoms with Crippen LogP contribution < -0.4 is 5.32 Å². The molecule has 0 saturated carbocycles. The van der Waals surface area contributed by atoms with Crippen molar-refractivity contribution >= 4 is 50.0 Å². The van der Waals surface area contributed by atoms with Crippen molar-refractivity contribution in [2.24, 2.45) is 0 Å². The van der Waals surface area contributed by atoms with E-state index in [0.717, 1.165) is 6.26 Å². The minimum atomic E-state index is -3.20. The van der Waals surface area contributed by atoms with Gasteiger partial charge in [-0.05, 0) is 40.8 Å². The number of amides is 1. The van der Waals surface area contributed by atoms with Crippen LogP contribution in [0.3, 0.4) is 0 Å². The van der Waals surface area contributed by atoms with Crippen molar-refractivity contribution in [2.45, 2.75) is 6.42 Å². The molecule has 1 aromatic rings. The molecule has 0 aliphatic rings. The lowest BCUT2D eigenvalue weighted by atomic mass is 10.2. The molecule has 0 fully saturated rings. The zero-order chi connectivity index (χ0) is 14.6. The highest BCUT2D eigenvalue weighted by Gasteiger charge is 2.10. The molecule has 1 aromatic carbocycles. The van der Waals surface area contributed by atoms with Crippen molar-refractivity contribution in [3.05, 3.63) is 27.3 Å². The maximum absolute atomic E-state index is 11.5. The molecule has 0 atom stereocenters. The number of sulfone groups is 1. The van der Waals surface area contributed by atoms with Gasteiger partial charge in [-0.1, -0.05) is 0 Å². The van der Waals surface area contributed by atoms with E-state index in [-0.39, 0.29) is 17.7 Å². The zero-order valence-corrected chi connectivity index (χ0v) is 13.0. The fraction of sp³-hybridized carbons (Fsp3) is 0.273. The molecule has 0 heterocycles. The van der Waals surface area contributed by atoms with Gasteiger partial charge in [-0.15, -0.1) is 0 Å². The molecule has 0 spiro atoms. The van der Waals surface area contributed by atoms with Crippen molar-refractivity contribution in [3.63, 3.8) is 0 Å². The summed E-state index contributed by atoms with van der Waals surface area (Å²) in [4.78, 5) is 22.4. The van der Waals surface area contributed by atoms with Crippen LogP contribution in [-0.4, -0.2) is 37.4 Å². The molecule has 0 aliphatic heterocycles. The van der Waals surface area contributed by atoms with Gasteiger partial charge in [-0.3, -0.25) is 4.79 Å². The van der Waals surface area contributed by atoms with Crippen LogP contribution in [0.15, 0.2) is 18.2 Å². The van der Waals surface area contributed by atoms with Crippen molar-refractivity contribution < 1.29 is 23.1 Å². The van der Waals surface area contributed by atoms with Crippen LogP contribution >= 0.6 is 22.6 Å². The Hall–Kier alpha value is -1.16. The molecule has 6 nitrogen and oxygen atoms in total. The first-order chi connectivity index (χ1) is 8.67. The van der Waals surface area contributed by atoms with Gasteiger partial charge in [0.1, 0.15) is 9.84 Å². The molecule has 104 valence electrons. The number of hydrogen-bond acceptors (Lipinski definition) is 4. The van der Waals surface area contributed by atoms with E-state index < -0.39 is 21.7 Å². The minimum Gasteiger partial charge on any atom is -0.478 e. The van der Waals surface area contributed by atoms with Gasteiger partial charge < -0.3 is 10.4 Å². The van der Waals surface area contributed by atoms with E-state index in [4.69, 9.17) is 5.11 Å². The van der Waals surface area contributed by atoms with Gasteiger partial charge in [0.25, 0.3) is 0 Å². The molecule has 0 aromatic heterocycles. The van der Waals surface area contributed by atoms with E-state index in [9.17, 15) is 18.0 Å². The van der Waals surface area contributed by atoms with Gasteiger partial charge in [-0.25, -0.2) is 13.2 Å². The van der Waals surface area contributed by atoms with Gasteiger partial charge in [0.15, 0.2) is 0 Å². The Balaban J connectivity index is 2.77. The molecule has 0 saturated heterocycles. The van der Waals surface area contributed by atoms with E-state index in [1.807, 2.05) is 22.6 Å². The van der Waals surface area contributed by atoms with E-state index in [2.05, 4.69) is 5.32 Å². The summed E-state index contributed by atoms with van der Waals surface area (Å²) >= 11 is 1.93. The lowest BCUT2D eigenvalue weighted by Gasteiger charge is -2.06. The third-order valence-corrected chi connectivity index (χ3v) is 3.70. The van der Waals surface area contributed by atoms with Crippen LogP contribution in [0.25, 0.3) is 0 Å². The van der Waals surface area contributed by atoms with E-state index in [1.54, 1.807) is 6.07 Å². The van der Waals surface area contributed by atoms with Crippen molar-refractivity contribution in [1.29, 1.82) is 0 Å². The highest BCUT2D eigenvalue weighted by Crippen LogP contribution is 2.17. The second kappa shape index (κ2) is 6.33. The van der Waals surface area contributed by atoms with Crippen LogP contribution in [-0.2, 0) is 14.6 Å². The normalized spacial score (nSPS) is 11.1. The Morgan fingerprint density at radius 1 is 1.32 bits per heavy atom. The average Bonchev–Trinajstić information content (AvgIpc) is 2.24. The highest BCUT2D eigenvalue weighted by atomic mass is 127. The van der Waals surface area contributed by atoms with Gasteiger partial charge in [-0.2, -0.15) is 0 Å². The third-order valence-electron chi connectivity index (χ3n) is 2.13. The first kappa shape index (κ1) is 15.9. The molecule has 19 heavy (non-hydrogen) atoms. The maximum atomic E-state index is 11.5. The molecule has 1 rings (SSSR count). The van der Waals surface area contributed by atoms with E-state index in [0.29, 0.717) is 9.26 Å². The number of anilines is 1. The summed E-state index contributed by atoms with van der Waals surface area (Å²) in [7, 11) is -3.20. The Labute approximate surface area is 124 Å². The number of carbonyl (C=O) groups excluding carboxylic acids is 1. The monoisotopic (exact) mass is 397 g/mol. The lowest BCUT2D eigenvalue weighted by molar-refractivity contribution is -0.115. The van der Waals surface area contributed by atoms with Crippen LogP contribution in [0.4, 0.5) is 5.69 Å². The SMILES string of the molecule is CS(=O)(=O)CCC(=O)Nc1cc(I)cc(C(=O)O)c1. The van der Waals surface area contributed by atoms with Crippen molar-refractivity contribution in [3.8, 4) is 0 Å². The Morgan fingerprint density at radius 2 is 1.95 bits per heavy atom. The number of hydrogen-bond donors (Lipinski definition) is 2. The second-order valence-corrected chi connectivity index (χ2v) is 7.47. The van der Waals surface area contributed by atoms with Crippen molar-refractivity contribution in [2.75, 3.05) is 17.3 Å². The molecule has 0 radical (unpaired) electrons. The molecule has 0 aliphatic carbocycles. The number of carboxylic acids is 1. The molecular weight excluding hydrogens is 385 g/mol. The van der Waals surface area contributed by atoms with Gasteiger partial charge in [0, 0.05) is 21.9 Å². The smallest absolute Gasteiger partial charge is 0.335 e. The molecule has 0 bridgehead atoms. The molecule has 1 amide bonds. The largest absolute Gasteiger partial charge is 0.478 e. The standard InChI is InChI=1S/C11H12INO5S/c1-19(17,18)3-2-10(14)13-9-5-7(11(15)16)4-8(12)6-9/h4-6H,2-3H2,1H3,(H,13,14)(H,15,16). The third kappa shape index (κ3) is 6.01. The van der Waals surface area contributed by atoms with Gasteiger partial charge in [0.05, 0.1) is 11.3 Å². The summed E-state index contributed by atoms with van der Waals surface area (Å²) in [5.41, 5.74) is 0.396. The maximum Gasteiger partial charge on any atom is 0.335 e. The highest BCUT2D eigenvalue weighted by molar-refractivity contribution is 14.1. The summed E-state index contributed by atoms with van der Waals surface area (Å²) in [5.74, 6) is -1.80. The Bertz CT molecular complexity index is 612. The summed E-state index contributed by atoms with van der Waals surface area (Å²) in [6.07, 6.45) is 0.890. The van der Waals surface area contributed by atoms with E-state index in [1.165, 1.54) is 12.1 Å². The van der Waals surface area contributed by atoms with E-state index >= 15 is 0 Å². The zero-order valence-electron chi connectivity index (χ0n) is 10.0. The summed E-state index contributed by atoms with van der Waals surface area (Å²) < 4.78 is 22.5. The second-order valence-electron chi connectivity index (χ2n) is 3.96. The van der Waals surface area contributed by atoms with Crippen LogP contribution in [0.2, 0.25) is 0 Å². The number of nitrogens with one attached hydrogen (secondary N) is 1. The number of rotatable bonds is 5. The molecule has 0 unspecified atom stereocenters. The van der Waals surface area contributed by atoms with Gasteiger partial charge >= 0.3 is 5.97 Å². The fourth-order valence-electron chi connectivity index (χ4n) is 1.29. The predicted octanol–water partition coefficient (Wildman–Crippen LogP) is 1.36. The van der Waals surface area contributed by atoms with Crippen LogP contribution in [0.1, 0.15) is 16.8 Å². The summed E-state index contributed by atoms with van der Waals surface area (Å²) in [6.45, 7) is 0. The topological polar surface area (TPSA) is 101 Å². The fourth-order valence-corrected chi connectivity index (χ4v) is 2.51. The first-order valence-corrected chi connectivity index (χ1v) is 8.33. The first-order valence-electron chi connectivity index (χ1n) is 5.19. The van der Waals surface area contributed by atoms with Crippen LogP contribution in [0.5, 0.6) is 0 Å². The number of benzene rings is 1. The number of carbonyl (C=O) groups is 2. The Morgan fingerprint density at radius 3 is 2.47 bits per heavy atom. The minimum absolute atomic E-state index is 0.0605. The van der Waals surface area contributed by atoms with Crippen molar-refractivity contribution in [1.82, 2.24) is 0 Å². The van der Waals surface area contributed by atoms with Gasteiger partial charge in [0.2, 0.25) is 5.91 Å². The molecule has 2 N–H and O–H groups in total. The molecular formula is C11H12INO5S. The number of halogens is 1. The number of carboxylic acid groups (broad SMARTS) is 1. The average molecular weight is 397 g/mol. The van der Waals surface area contributed by atoms with Crippen LogP contribution in [0, 0.1) is 3.57 Å². The summed E-state index contributed by atoms with van der Waals surface area (Å²) in [6, 6.07) is 4.39. The molecule has 8 heteroatoms. The number of aromatic carboxylic acids is 1.